The average Bonchev–Trinajstić information content (AvgIpc) is 3.34. The molecule has 2 aliphatic rings. The largest absolute Gasteiger partial charge is 0.469 e. The number of furan rings is 1. The second-order valence-corrected chi connectivity index (χ2v) is 8.04. The molecular weight excluding hydrogens is 338 g/mol. The van der Waals surface area contributed by atoms with Crippen molar-refractivity contribution in [3.05, 3.63) is 39.7 Å². The Morgan fingerprint density at radius 1 is 1.36 bits per heavy atom. The minimum absolute atomic E-state index is 0.0375. The van der Waals surface area contributed by atoms with Crippen molar-refractivity contribution in [2.75, 3.05) is 19.6 Å². The Balaban J connectivity index is 1.46. The van der Waals surface area contributed by atoms with Gasteiger partial charge in [-0.25, -0.2) is 4.98 Å². The van der Waals surface area contributed by atoms with Crippen LogP contribution in [0.25, 0.3) is 0 Å². The minimum atomic E-state index is -0.418. The maximum Gasteiger partial charge on any atom is 0.257 e. The van der Waals surface area contributed by atoms with Crippen LogP contribution >= 0.6 is 11.3 Å². The molecule has 0 aromatic carbocycles. The van der Waals surface area contributed by atoms with Gasteiger partial charge in [-0.2, -0.15) is 0 Å². The molecule has 0 N–H and O–H groups in total. The monoisotopic (exact) mass is 359 g/mol. The summed E-state index contributed by atoms with van der Waals surface area (Å²) < 4.78 is 5.24. The highest BCUT2D eigenvalue weighted by Crippen LogP contribution is 2.41. The molecule has 132 valence electrons. The first kappa shape index (κ1) is 16.3. The lowest BCUT2D eigenvalue weighted by Gasteiger charge is -2.23. The van der Waals surface area contributed by atoms with Crippen molar-refractivity contribution >= 4 is 23.2 Å². The van der Waals surface area contributed by atoms with E-state index in [1.165, 1.54) is 6.26 Å². The van der Waals surface area contributed by atoms with Gasteiger partial charge in [-0.05, 0) is 32.8 Å². The topological polar surface area (TPSA) is 66.7 Å². The molecule has 2 aromatic heterocycles. The third-order valence-electron chi connectivity index (χ3n) is 5.35. The van der Waals surface area contributed by atoms with Gasteiger partial charge in [-0.3, -0.25) is 9.59 Å². The van der Waals surface area contributed by atoms with Crippen molar-refractivity contribution in [3.63, 3.8) is 0 Å². The van der Waals surface area contributed by atoms with E-state index in [-0.39, 0.29) is 11.8 Å². The molecule has 1 atom stereocenters. The van der Waals surface area contributed by atoms with Crippen molar-refractivity contribution in [3.8, 4) is 0 Å². The predicted octanol–water partition coefficient (Wildman–Crippen LogP) is 2.62. The lowest BCUT2D eigenvalue weighted by molar-refractivity contribution is -0.135. The molecule has 0 radical (unpaired) electrons. The van der Waals surface area contributed by atoms with Gasteiger partial charge < -0.3 is 14.2 Å². The van der Waals surface area contributed by atoms with Crippen LogP contribution in [0.5, 0.6) is 0 Å². The van der Waals surface area contributed by atoms with Crippen LogP contribution in [-0.2, 0) is 11.3 Å². The van der Waals surface area contributed by atoms with Crippen molar-refractivity contribution in [1.29, 1.82) is 0 Å². The number of aromatic nitrogens is 1. The van der Waals surface area contributed by atoms with Gasteiger partial charge in [-0.1, -0.05) is 0 Å². The number of nitrogens with zero attached hydrogens (tertiary/aromatic N) is 3. The predicted molar refractivity (Wildman–Crippen MR) is 93.3 cm³/mol. The number of hydrogen-bond donors (Lipinski definition) is 0. The Kier molecular flexibility index (Phi) is 3.91. The quantitative estimate of drug-likeness (QED) is 0.845. The second-order valence-electron chi connectivity index (χ2n) is 6.98. The first-order valence-corrected chi connectivity index (χ1v) is 9.40. The van der Waals surface area contributed by atoms with Crippen LogP contribution in [0.4, 0.5) is 0 Å². The first-order chi connectivity index (χ1) is 12.0. The van der Waals surface area contributed by atoms with E-state index >= 15 is 0 Å². The molecular formula is C18H21N3O3S. The fourth-order valence-corrected chi connectivity index (χ4v) is 4.53. The number of likely N-dealkylation sites (tertiary alicyclic amines) is 2. The zero-order chi connectivity index (χ0) is 17.6. The molecule has 2 saturated heterocycles. The zero-order valence-corrected chi connectivity index (χ0v) is 15.3. The summed E-state index contributed by atoms with van der Waals surface area (Å²) >= 11 is 1.61. The van der Waals surface area contributed by atoms with Gasteiger partial charge in [-0.15, -0.1) is 11.3 Å². The van der Waals surface area contributed by atoms with E-state index in [9.17, 15) is 9.59 Å². The second kappa shape index (κ2) is 5.98. The van der Waals surface area contributed by atoms with Crippen molar-refractivity contribution in [1.82, 2.24) is 14.8 Å². The molecule has 4 heterocycles. The third kappa shape index (κ3) is 2.76. The fourth-order valence-electron chi connectivity index (χ4n) is 3.92. The normalized spacial score (nSPS) is 23.2. The summed E-state index contributed by atoms with van der Waals surface area (Å²) in [4.78, 5) is 33.8. The lowest BCUT2D eigenvalue weighted by atomic mass is 9.85. The number of hydrogen-bond acceptors (Lipinski definition) is 5. The highest BCUT2D eigenvalue weighted by Gasteiger charge is 2.51. The molecule has 6 nitrogen and oxygen atoms in total. The van der Waals surface area contributed by atoms with Crippen LogP contribution in [-0.4, -0.2) is 46.2 Å². The summed E-state index contributed by atoms with van der Waals surface area (Å²) in [5, 5.41) is 3.03. The van der Waals surface area contributed by atoms with E-state index in [1.54, 1.807) is 29.2 Å². The summed E-state index contributed by atoms with van der Waals surface area (Å²) in [5.41, 5.74) is 1.13. The third-order valence-corrected chi connectivity index (χ3v) is 6.17. The van der Waals surface area contributed by atoms with E-state index in [2.05, 4.69) is 4.98 Å². The molecule has 2 amide bonds. The molecule has 25 heavy (non-hydrogen) atoms. The molecule has 2 aliphatic heterocycles. The Hall–Kier alpha value is -2.15. The van der Waals surface area contributed by atoms with Gasteiger partial charge in [0, 0.05) is 25.0 Å². The van der Waals surface area contributed by atoms with Crippen LogP contribution in [0.2, 0.25) is 0 Å². The Bertz CT molecular complexity index is 827. The summed E-state index contributed by atoms with van der Waals surface area (Å²) in [5.74, 6) is 0.756. The number of carbonyl (C=O) groups excluding carboxylic acids is 2. The standard InChI is InChI=1S/C18H21N3O3S/c1-12-15(3-8-24-12)16(22)21-7-5-18(11-21)4-6-20(17(18)23)9-14-10-25-13(2)19-14/h3,8,10H,4-7,9,11H2,1-2H3. The number of carbonyl (C=O) groups is 2. The van der Waals surface area contributed by atoms with E-state index < -0.39 is 5.41 Å². The summed E-state index contributed by atoms with van der Waals surface area (Å²) in [6.45, 7) is 6.19. The molecule has 0 aliphatic carbocycles. The Morgan fingerprint density at radius 3 is 2.84 bits per heavy atom. The van der Waals surface area contributed by atoms with Gasteiger partial charge in [0.2, 0.25) is 5.91 Å². The molecule has 0 saturated carbocycles. The molecule has 2 fully saturated rings. The molecule has 4 rings (SSSR count). The van der Waals surface area contributed by atoms with Gasteiger partial charge in [0.05, 0.1) is 34.5 Å². The SMILES string of the molecule is Cc1nc(CN2CCC3(CCN(C(=O)c4ccoc4C)C3)C2=O)cs1. The van der Waals surface area contributed by atoms with Crippen molar-refractivity contribution < 1.29 is 14.0 Å². The van der Waals surface area contributed by atoms with E-state index in [0.717, 1.165) is 30.1 Å². The smallest absolute Gasteiger partial charge is 0.257 e. The van der Waals surface area contributed by atoms with Crippen LogP contribution in [0, 0.1) is 19.3 Å². The Morgan fingerprint density at radius 2 is 2.16 bits per heavy atom. The lowest BCUT2D eigenvalue weighted by Crippen LogP contribution is -2.38. The number of amides is 2. The highest BCUT2D eigenvalue weighted by atomic mass is 32.1. The van der Waals surface area contributed by atoms with Crippen LogP contribution in [0.1, 0.15) is 39.7 Å². The van der Waals surface area contributed by atoms with Gasteiger partial charge in [0.15, 0.2) is 0 Å². The minimum Gasteiger partial charge on any atom is -0.469 e. The maximum atomic E-state index is 13.0. The van der Waals surface area contributed by atoms with E-state index in [0.29, 0.717) is 31.0 Å². The molecule has 1 spiro atoms. The van der Waals surface area contributed by atoms with Crippen LogP contribution in [0.15, 0.2) is 22.1 Å². The van der Waals surface area contributed by atoms with Gasteiger partial charge >= 0.3 is 0 Å². The Labute approximate surface area is 150 Å². The molecule has 0 bridgehead atoms. The summed E-state index contributed by atoms with van der Waals surface area (Å²) in [6, 6.07) is 1.70. The molecule has 7 heteroatoms. The van der Waals surface area contributed by atoms with Crippen molar-refractivity contribution in [2.24, 2.45) is 5.41 Å². The number of rotatable bonds is 3. The van der Waals surface area contributed by atoms with Gasteiger partial charge in [0.25, 0.3) is 5.91 Å². The van der Waals surface area contributed by atoms with E-state index in [1.807, 2.05) is 17.2 Å². The molecule has 1 unspecified atom stereocenters. The summed E-state index contributed by atoms with van der Waals surface area (Å²) in [6.07, 6.45) is 3.08. The zero-order valence-electron chi connectivity index (χ0n) is 14.4. The van der Waals surface area contributed by atoms with E-state index in [4.69, 9.17) is 4.42 Å². The molecule has 2 aromatic rings. The fraction of sp³-hybridized carbons (Fsp3) is 0.500. The number of aryl methyl sites for hydroxylation is 2. The van der Waals surface area contributed by atoms with Crippen molar-refractivity contribution in [2.45, 2.75) is 33.2 Å². The number of thiazole rings is 1. The van der Waals surface area contributed by atoms with Crippen LogP contribution in [0.3, 0.4) is 0 Å². The average molecular weight is 359 g/mol. The highest BCUT2D eigenvalue weighted by molar-refractivity contribution is 7.09. The first-order valence-electron chi connectivity index (χ1n) is 8.52. The summed E-state index contributed by atoms with van der Waals surface area (Å²) in [7, 11) is 0. The van der Waals surface area contributed by atoms with Gasteiger partial charge in [0.1, 0.15) is 5.76 Å². The maximum absolute atomic E-state index is 13.0. The van der Waals surface area contributed by atoms with Crippen LogP contribution < -0.4 is 0 Å².